The minimum absolute atomic E-state index is 0.0553. The number of urea groups is 1. The monoisotopic (exact) mass is 331 g/mol. The van der Waals surface area contributed by atoms with Crippen molar-refractivity contribution in [1.29, 1.82) is 0 Å². The Morgan fingerprint density at radius 3 is 2.54 bits per heavy atom. The SMILES string of the molecule is O=C(NC1CCCC1)NC(CN1C(=O)COC1=O)c1ccccc1. The minimum atomic E-state index is -0.668. The highest BCUT2D eigenvalue weighted by Gasteiger charge is 2.34. The van der Waals surface area contributed by atoms with Gasteiger partial charge < -0.3 is 15.4 Å². The molecule has 3 rings (SSSR count). The molecule has 1 aromatic carbocycles. The number of nitrogens with one attached hydrogen (secondary N) is 2. The molecule has 1 atom stereocenters. The Morgan fingerprint density at radius 2 is 1.92 bits per heavy atom. The lowest BCUT2D eigenvalue weighted by Gasteiger charge is -2.24. The van der Waals surface area contributed by atoms with Crippen molar-refractivity contribution in [2.45, 2.75) is 37.8 Å². The van der Waals surface area contributed by atoms with Gasteiger partial charge in [0.05, 0.1) is 12.6 Å². The molecule has 1 aromatic rings. The zero-order valence-corrected chi connectivity index (χ0v) is 13.4. The average molecular weight is 331 g/mol. The summed E-state index contributed by atoms with van der Waals surface area (Å²) in [6, 6.07) is 8.71. The molecular weight excluding hydrogens is 310 g/mol. The fourth-order valence-electron chi connectivity index (χ4n) is 3.12. The first-order valence-corrected chi connectivity index (χ1v) is 8.22. The summed E-state index contributed by atoms with van der Waals surface area (Å²) in [5.41, 5.74) is 0.826. The highest BCUT2D eigenvalue weighted by Crippen LogP contribution is 2.19. The zero-order valence-electron chi connectivity index (χ0n) is 13.4. The predicted molar refractivity (Wildman–Crippen MR) is 86.2 cm³/mol. The molecule has 7 nitrogen and oxygen atoms in total. The van der Waals surface area contributed by atoms with Gasteiger partial charge in [0.25, 0.3) is 5.91 Å². The van der Waals surface area contributed by atoms with Crippen molar-refractivity contribution in [3.05, 3.63) is 35.9 Å². The summed E-state index contributed by atoms with van der Waals surface area (Å²) in [6.07, 6.45) is 3.56. The second-order valence-corrected chi connectivity index (χ2v) is 6.12. The maximum Gasteiger partial charge on any atom is 0.417 e. The van der Waals surface area contributed by atoms with E-state index in [1.807, 2.05) is 30.3 Å². The average Bonchev–Trinajstić information content (AvgIpc) is 3.20. The largest absolute Gasteiger partial charge is 0.439 e. The molecule has 1 saturated heterocycles. The summed E-state index contributed by atoms with van der Waals surface area (Å²) >= 11 is 0. The molecular formula is C17H21N3O4. The number of rotatable bonds is 5. The van der Waals surface area contributed by atoms with E-state index in [0.717, 1.165) is 36.1 Å². The predicted octanol–water partition coefficient (Wildman–Crippen LogP) is 1.95. The molecule has 1 aliphatic heterocycles. The molecule has 0 bridgehead atoms. The van der Waals surface area contributed by atoms with E-state index < -0.39 is 12.1 Å². The van der Waals surface area contributed by atoms with E-state index in [0.29, 0.717) is 0 Å². The summed E-state index contributed by atoms with van der Waals surface area (Å²) < 4.78 is 4.74. The zero-order chi connectivity index (χ0) is 16.9. The van der Waals surface area contributed by atoms with Crippen LogP contribution in [0.4, 0.5) is 9.59 Å². The van der Waals surface area contributed by atoms with Gasteiger partial charge in [-0.3, -0.25) is 4.79 Å². The number of ether oxygens (including phenoxy) is 1. The molecule has 1 heterocycles. The van der Waals surface area contributed by atoms with Gasteiger partial charge in [-0.15, -0.1) is 0 Å². The van der Waals surface area contributed by atoms with Crippen LogP contribution in [-0.2, 0) is 9.53 Å². The van der Waals surface area contributed by atoms with Crippen molar-refractivity contribution in [2.75, 3.05) is 13.2 Å². The minimum Gasteiger partial charge on any atom is -0.439 e. The van der Waals surface area contributed by atoms with E-state index in [9.17, 15) is 14.4 Å². The van der Waals surface area contributed by atoms with Crippen LogP contribution < -0.4 is 10.6 Å². The number of carbonyl (C=O) groups is 3. The normalized spacial score (nSPS) is 19.2. The molecule has 4 amide bonds. The Balaban J connectivity index is 1.68. The number of nitrogens with zero attached hydrogens (tertiary/aromatic N) is 1. The van der Waals surface area contributed by atoms with E-state index in [1.54, 1.807) is 0 Å². The third-order valence-electron chi connectivity index (χ3n) is 4.40. The molecule has 24 heavy (non-hydrogen) atoms. The van der Waals surface area contributed by atoms with Crippen molar-refractivity contribution in [3.8, 4) is 0 Å². The highest BCUT2D eigenvalue weighted by molar-refractivity contribution is 5.97. The van der Waals surface area contributed by atoms with Gasteiger partial charge in [0.2, 0.25) is 0 Å². The first-order valence-electron chi connectivity index (χ1n) is 8.22. The molecule has 1 unspecified atom stereocenters. The Labute approximate surface area is 140 Å². The van der Waals surface area contributed by atoms with Crippen LogP contribution in [0.2, 0.25) is 0 Å². The number of cyclic esters (lactones) is 1. The van der Waals surface area contributed by atoms with E-state index in [2.05, 4.69) is 10.6 Å². The van der Waals surface area contributed by atoms with Crippen LogP contribution in [-0.4, -0.2) is 42.1 Å². The molecule has 2 fully saturated rings. The van der Waals surface area contributed by atoms with Gasteiger partial charge in [-0.1, -0.05) is 43.2 Å². The Bertz CT molecular complexity index is 598. The third-order valence-corrected chi connectivity index (χ3v) is 4.40. The van der Waals surface area contributed by atoms with Gasteiger partial charge in [-0.05, 0) is 18.4 Å². The molecule has 2 N–H and O–H groups in total. The standard InChI is InChI=1S/C17H21N3O4/c21-15-11-24-17(23)20(15)10-14(12-6-2-1-3-7-12)19-16(22)18-13-8-4-5-9-13/h1-3,6-7,13-14H,4-5,8-11H2,(H2,18,19,22). The Kier molecular flexibility index (Phi) is 4.98. The fourth-order valence-corrected chi connectivity index (χ4v) is 3.12. The van der Waals surface area contributed by atoms with Crippen molar-refractivity contribution >= 4 is 18.0 Å². The topological polar surface area (TPSA) is 87.7 Å². The van der Waals surface area contributed by atoms with Gasteiger partial charge in [0.1, 0.15) is 0 Å². The highest BCUT2D eigenvalue weighted by atomic mass is 16.6. The van der Waals surface area contributed by atoms with Crippen LogP contribution in [0.15, 0.2) is 30.3 Å². The second-order valence-electron chi connectivity index (χ2n) is 6.12. The maximum absolute atomic E-state index is 12.3. The van der Waals surface area contributed by atoms with Gasteiger partial charge in [-0.2, -0.15) is 0 Å². The lowest BCUT2D eigenvalue weighted by molar-refractivity contribution is -0.126. The van der Waals surface area contributed by atoms with Crippen LogP contribution >= 0.6 is 0 Å². The quantitative estimate of drug-likeness (QED) is 0.863. The van der Waals surface area contributed by atoms with Gasteiger partial charge in [0, 0.05) is 6.04 Å². The Morgan fingerprint density at radius 1 is 1.21 bits per heavy atom. The van der Waals surface area contributed by atoms with Gasteiger partial charge >= 0.3 is 12.1 Å². The summed E-state index contributed by atoms with van der Waals surface area (Å²) in [4.78, 5) is 36.8. The number of carbonyl (C=O) groups excluding carboxylic acids is 3. The summed E-state index contributed by atoms with van der Waals surface area (Å²) in [5.74, 6) is -0.390. The number of amides is 4. The lowest BCUT2D eigenvalue weighted by Crippen LogP contribution is -2.46. The van der Waals surface area contributed by atoms with Crippen LogP contribution in [0.25, 0.3) is 0 Å². The summed E-state index contributed by atoms with van der Waals surface area (Å²) in [5, 5.41) is 5.83. The van der Waals surface area contributed by atoms with Gasteiger partial charge in [0.15, 0.2) is 6.61 Å². The van der Waals surface area contributed by atoms with E-state index in [1.165, 1.54) is 0 Å². The summed E-state index contributed by atoms with van der Waals surface area (Å²) in [7, 11) is 0. The number of hydrogen-bond acceptors (Lipinski definition) is 4. The number of benzene rings is 1. The lowest BCUT2D eigenvalue weighted by atomic mass is 10.1. The van der Waals surface area contributed by atoms with Crippen LogP contribution in [0.3, 0.4) is 0 Å². The first kappa shape index (κ1) is 16.3. The first-order chi connectivity index (χ1) is 11.6. The molecule has 2 aliphatic rings. The Hall–Kier alpha value is -2.57. The molecule has 0 spiro atoms. The fraction of sp³-hybridized carbons (Fsp3) is 0.471. The summed E-state index contributed by atoms with van der Waals surface area (Å²) in [6.45, 7) is -0.186. The number of hydrogen-bond donors (Lipinski definition) is 2. The van der Waals surface area contributed by atoms with Crippen LogP contribution in [0, 0.1) is 0 Å². The van der Waals surface area contributed by atoms with Crippen molar-refractivity contribution < 1.29 is 19.1 Å². The van der Waals surface area contributed by atoms with Gasteiger partial charge in [-0.25, -0.2) is 14.5 Å². The molecule has 128 valence electrons. The number of imide groups is 1. The van der Waals surface area contributed by atoms with Crippen molar-refractivity contribution in [2.24, 2.45) is 0 Å². The maximum atomic E-state index is 12.3. The van der Waals surface area contributed by atoms with Crippen molar-refractivity contribution in [3.63, 3.8) is 0 Å². The van der Waals surface area contributed by atoms with Crippen LogP contribution in [0.1, 0.15) is 37.3 Å². The molecule has 0 radical (unpaired) electrons. The molecule has 7 heteroatoms. The molecule has 1 aliphatic carbocycles. The van der Waals surface area contributed by atoms with E-state index >= 15 is 0 Å². The van der Waals surface area contributed by atoms with Crippen molar-refractivity contribution in [1.82, 2.24) is 15.5 Å². The molecule has 0 aromatic heterocycles. The smallest absolute Gasteiger partial charge is 0.417 e. The van der Waals surface area contributed by atoms with Crippen LogP contribution in [0.5, 0.6) is 0 Å². The molecule has 1 saturated carbocycles. The van der Waals surface area contributed by atoms with E-state index in [4.69, 9.17) is 4.74 Å². The van der Waals surface area contributed by atoms with E-state index in [-0.39, 0.29) is 31.1 Å². The third kappa shape index (κ3) is 3.84. The second kappa shape index (κ2) is 7.33.